The van der Waals surface area contributed by atoms with Gasteiger partial charge in [-0.1, -0.05) is 17.7 Å². The molecule has 3 rings (SSSR count). The van der Waals surface area contributed by atoms with E-state index < -0.39 is 0 Å². The van der Waals surface area contributed by atoms with Crippen LogP contribution in [0.4, 0.5) is 10.1 Å². The molecule has 1 unspecified atom stereocenters. The predicted molar refractivity (Wildman–Crippen MR) is 82.7 cm³/mol. The Morgan fingerprint density at radius 1 is 1.42 bits per heavy atom. The molecule has 1 nitrogen and oxygen atoms in total. The van der Waals surface area contributed by atoms with E-state index in [0.717, 1.165) is 23.0 Å². The normalized spacial score (nSPS) is 18.2. The summed E-state index contributed by atoms with van der Waals surface area (Å²) in [5, 5.41) is 3.45. The number of rotatable bonds is 2. The minimum atomic E-state index is -0.370. The van der Waals surface area contributed by atoms with E-state index in [9.17, 15) is 4.39 Å². The van der Waals surface area contributed by atoms with Gasteiger partial charge in [-0.2, -0.15) is 0 Å². The van der Waals surface area contributed by atoms with E-state index in [1.165, 1.54) is 10.4 Å². The van der Waals surface area contributed by atoms with Crippen LogP contribution in [0.5, 0.6) is 0 Å². The van der Waals surface area contributed by atoms with Crippen molar-refractivity contribution in [3.8, 4) is 0 Å². The molecule has 1 aromatic heterocycles. The first-order valence-corrected chi connectivity index (χ1v) is 8.12. The highest BCUT2D eigenvalue weighted by atomic mass is 79.9. The predicted octanol–water partition coefficient (Wildman–Crippen LogP) is 5.79. The molecule has 1 atom stereocenters. The van der Waals surface area contributed by atoms with Crippen molar-refractivity contribution in [3.05, 3.63) is 49.3 Å². The van der Waals surface area contributed by atoms with Gasteiger partial charge in [0.2, 0.25) is 0 Å². The fourth-order valence-electron chi connectivity index (χ4n) is 2.47. The van der Waals surface area contributed by atoms with Gasteiger partial charge >= 0.3 is 0 Å². The molecule has 100 valence electrons. The van der Waals surface area contributed by atoms with Crippen molar-refractivity contribution < 1.29 is 4.39 Å². The summed E-state index contributed by atoms with van der Waals surface area (Å²) in [5.41, 5.74) is 1.76. The monoisotopic (exact) mass is 359 g/mol. The molecule has 1 aliphatic carbocycles. The first kappa shape index (κ1) is 13.4. The Balaban J connectivity index is 1.90. The zero-order valence-corrected chi connectivity index (χ0v) is 13.2. The second-order valence-corrected chi connectivity index (χ2v) is 7.54. The van der Waals surface area contributed by atoms with Gasteiger partial charge in [-0.3, -0.25) is 0 Å². The van der Waals surface area contributed by atoms with Crippen molar-refractivity contribution in [2.75, 3.05) is 5.32 Å². The summed E-state index contributed by atoms with van der Waals surface area (Å²) in [7, 11) is 0. The zero-order valence-electron chi connectivity index (χ0n) is 10.1. The Labute approximate surface area is 128 Å². The lowest BCUT2D eigenvalue weighted by atomic mass is 9.94. The molecule has 1 aromatic carbocycles. The molecule has 1 N–H and O–H groups in total. The Hall–Kier alpha value is -0.580. The highest BCUT2D eigenvalue weighted by Gasteiger charge is 2.23. The number of aryl methyl sites for hydroxylation is 1. The third-order valence-electron chi connectivity index (χ3n) is 3.37. The molecule has 19 heavy (non-hydrogen) atoms. The number of nitrogens with one attached hydrogen (secondary N) is 1. The van der Waals surface area contributed by atoms with E-state index in [1.54, 1.807) is 29.5 Å². The highest BCUT2D eigenvalue weighted by molar-refractivity contribution is 9.11. The van der Waals surface area contributed by atoms with Gasteiger partial charge in [-0.15, -0.1) is 11.3 Å². The van der Waals surface area contributed by atoms with Crippen LogP contribution in [-0.4, -0.2) is 0 Å². The third-order valence-corrected chi connectivity index (χ3v) is 5.37. The van der Waals surface area contributed by atoms with Crippen molar-refractivity contribution in [2.45, 2.75) is 25.3 Å². The Kier molecular flexibility index (Phi) is 3.83. The third kappa shape index (κ3) is 2.67. The number of fused-ring (bicyclic) bond motifs is 1. The lowest BCUT2D eigenvalue weighted by Crippen LogP contribution is -2.16. The standard InChI is InChI=1S/C14H12BrClFNS/c15-13-7-8-10(4-2-6-12(8)19-13)18-11-5-1-3-9(16)14(11)17/h1,3,5,7,10,18H,2,4,6H2. The van der Waals surface area contributed by atoms with Gasteiger partial charge in [0.25, 0.3) is 0 Å². The van der Waals surface area contributed by atoms with Crippen LogP contribution in [0.1, 0.15) is 29.3 Å². The second kappa shape index (κ2) is 5.43. The lowest BCUT2D eigenvalue weighted by Gasteiger charge is -2.25. The van der Waals surface area contributed by atoms with Crippen LogP contribution in [0.3, 0.4) is 0 Å². The quantitative estimate of drug-likeness (QED) is 0.714. The SMILES string of the molecule is Fc1c(Cl)cccc1NC1CCCc2sc(Br)cc21. The lowest BCUT2D eigenvalue weighted by molar-refractivity contribution is 0.592. The molecular formula is C14H12BrClFNS. The van der Waals surface area contributed by atoms with Crippen LogP contribution >= 0.6 is 38.9 Å². The maximum Gasteiger partial charge on any atom is 0.164 e. The Bertz CT molecular complexity index is 613. The molecule has 2 aromatic rings. The summed E-state index contributed by atoms with van der Waals surface area (Å²) in [5.74, 6) is -0.370. The van der Waals surface area contributed by atoms with E-state index in [2.05, 4.69) is 27.3 Å². The summed E-state index contributed by atoms with van der Waals surface area (Å²) in [6, 6.07) is 7.37. The molecule has 1 aliphatic rings. The number of anilines is 1. The van der Waals surface area contributed by atoms with E-state index >= 15 is 0 Å². The molecule has 0 bridgehead atoms. The van der Waals surface area contributed by atoms with Crippen molar-refractivity contribution in [3.63, 3.8) is 0 Å². The second-order valence-electron chi connectivity index (χ2n) is 4.62. The summed E-state index contributed by atoms with van der Waals surface area (Å²) < 4.78 is 15.1. The molecule has 0 aliphatic heterocycles. The minimum Gasteiger partial charge on any atom is -0.376 e. The average molecular weight is 361 g/mol. The summed E-state index contributed by atoms with van der Waals surface area (Å²) >= 11 is 11.1. The van der Waals surface area contributed by atoms with Gasteiger partial charge in [0.15, 0.2) is 5.82 Å². The number of halogens is 3. The summed E-state index contributed by atoms with van der Waals surface area (Å²) in [4.78, 5) is 1.39. The zero-order chi connectivity index (χ0) is 13.4. The largest absolute Gasteiger partial charge is 0.376 e. The van der Waals surface area contributed by atoms with Gasteiger partial charge in [0.1, 0.15) is 0 Å². The van der Waals surface area contributed by atoms with Crippen LogP contribution in [0.25, 0.3) is 0 Å². The molecule has 0 radical (unpaired) electrons. The van der Waals surface area contributed by atoms with Gasteiger partial charge in [0.05, 0.1) is 20.5 Å². The first-order chi connectivity index (χ1) is 9.15. The molecule has 0 saturated heterocycles. The Morgan fingerprint density at radius 2 is 2.26 bits per heavy atom. The van der Waals surface area contributed by atoms with Crippen LogP contribution in [0.15, 0.2) is 28.1 Å². The maximum absolute atomic E-state index is 13.9. The number of benzene rings is 1. The molecule has 1 heterocycles. The van der Waals surface area contributed by atoms with Gasteiger partial charge in [-0.05, 0) is 59.0 Å². The van der Waals surface area contributed by atoms with Crippen molar-refractivity contribution in [2.24, 2.45) is 0 Å². The van der Waals surface area contributed by atoms with Crippen LogP contribution in [0, 0.1) is 5.82 Å². The molecule has 0 amide bonds. The van der Waals surface area contributed by atoms with Crippen molar-refractivity contribution >= 4 is 44.6 Å². The van der Waals surface area contributed by atoms with Crippen LogP contribution in [0.2, 0.25) is 5.02 Å². The van der Waals surface area contributed by atoms with Crippen molar-refractivity contribution in [1.29, 1.82) is 0 Å². The van der Waals surface area contributed by atoms with Gasteiger partial charge in [0, 0.05) is 4.88 Å². The minimum absolute atomic E-state index is 0.160. The molecule has 0 fully saturated rings. The molecule has 5 heteroatoms. The summed E-state index contributed by atoms with van der Waals surface area (Å²) in [6.07, 6.45) is 3.25. The molecular weight excluding hydrogens is 349 g/mol. The number of hydrogen-bond donors (Lipinski definition) is 1. The van der Waals surface area contributed by atoms with Crippen LogP contribution < -0.4 is 5.32 Å². The molecule has 0 spiro atoms. The highest BCUT2D eigenvalue weighted by Crippen LogP contribution is 2.40. The average Bonchev–Trinajstić information content (AvgIpc) is 2.76. The van der Waals surface area contributed by atoms with Gasteiger partial charge < -0.3 is 5.32 Å². The Morgan fingerprint density at radius 3 is 3.11 bits per heavy atom. The first-order valence-electron chi connectivity index (χ1n) is 6.14. The van der Waals surface area contributed by atoms with E-state index in [-0.39, 0.29) is 16.9 Å². The number of hydrogen-bond acceptors (Lipinski definition) is 2. The van der Waals surface area contributed by atoms with E-state index in [4.69, 9.17) is 11.6 Å². The van der Waals surface area contributed by atoms with Gasteiger partial charge in [-0.25, -0.2) is 4.39 Å². The number of thiophene rings is 1. The fraction of sp³-hybridized carbons (Fsp3) is 0.286. The van der Waals surface area contributed by atoms with Crippen molar-refractivity contribution in [1.82, 2.24) is 0 Å². The molecule has 0 saturated carbocycles. The van der Waals surface area contributed by atoms with E-state index in [1.807, 2.05) is 0 Å². The topological polar surface area (TPSA) is 12.0 Å². The van der Waals surface area contributed by atoms with Crippen LogP contribution in [-0.2, 0) is 6.42 Å². The fourth-order valence-corrected chi connectivity index (χ4v) is 4.47. The maximum atomic E-state index is 13.9. The van der Waals surface area contributed by atoms with E-state index in [0.29, 0.717) is 5.69 Å². The summed E-state index contributed by atoms with van der Waals surface area (Å²) in [6.45, 7) is 0. The smallest absolute Gasteiger partial charge is 0.164 e.